The molecule has 0 saturated heterocycles. The molecule has 0 aromatic carbocycles. The molecular weight excluding hydrogens is 238 g/mol. The molecule has 0 spiro atoms. The monoisotopic (exact) mass is 257 g/mol. The SMILES string of the molecule is COC1CCC(CNc2ncns2)C(OC)C1. The second-order valence-corrected chi connectivity index (χ2v) is 5.11. The summed E-state index contributed by atoms with van der Waals surface area (Å²) in [6, 6.07) is 0. The van der Waals surface area contributed by atoms with E-state index >= 15 is 0 Å². The van der Waals surface area contributed by atoms with E-state index in [-0.39, 0.29) is 6.10 Å². The molecule has 3 atom stereocenters. The Labute approximate surface area is 106 Å². The van der Waals surface area contributed by atoms with Crippen molar-refractivity contribution in [3.05, 3.63) is 6.33 Å². The van der Waals surface area contributed by atoms with Crippen molar-refractivity contribution >= 4 is 16.7 Å². The highest BCUT2D eigenvalue weighted by molar-refractivity contribution is 7.09. The van der Waals surface area contributed by atoms with E-state index in [0.717, 1.165) is 30.9 Å². The van der Waals surface area contributed by atoms with Crippen LogP contribution in [0.25, 0.3) is 0 Å². The Kier molecular flexibility index (Phi) is 4.70. The van der Waals surface area contributed by atoms with Crippen LogP contribution in [0.3, 0.4) is 0 Å². The van der Waals surface area contributed by atoms with Crippen molar-refractivity contribution in [3.8, 4) is 0 Å². The highest BCUT2D eigenvalue weighted by atomic mass is 32.1. The fourth-order valence-corrected chi connectivity index (χ4v) is 2.80. The number of ether oxygens (including phenoxy) is 2. The topological polar surface area (TPSA) is 56.3 Å². The van der Waals surface area contributed by atoms with Gasteiger partial charge in [-0.15, -0.1) is 0 Å². The van der Waals surface area contributed by atoms with Crippen LogP contribution >= 0.6 is 11.5 Å². The van der Waals surface area contributed by atoms with Gasteiger partial charge in [0.25, 0.3) is 0 Å². The second kappa shape index (κ2) is 6.28. The molecule has 0 aliphatic heterocycles. The zero-order valence-electron chi connectivity index (χ0n) is 10.3. The van der Waals surface area contributed by atoms with Crippen LogP contribution < -0.4 is 5.32 Å². The summed E-state index contributed by atoms with van der Waals surface area (Å²) in [4.78, 5) is 4.11. The first-order valence-electron chi connectivity index (χ1n) is 5.89. The number of hydrogen-bond acceptors (Lipinski definition) is 6. The maximum absolute atomic E-state index is 5.55. The van der Waals surface area contributed by atoms with Crippen molar-refractivity contribution in [2.75, 3.05) is 26.1 Å². The average Bonchev–Trinajstić information content (AvgIpc) is 2.89. The predicted molar refractivity (Wildman–Crippen MR) is 67.3 cm³/mol. The summed E-state index contributed by atoms with van der Waals surface area (Å²) >= 11 is 1.39. The van der Waals surface area contributed by atoms with Crippen molar-refractivity contribution < 1.29 is 9.47 Å². The molecule has 5 nitrogen and oxygen atoms in total. The standard InChI is InChI=1S/C11H19N3O2S/c1-15-9-4-3-8(10(5-9)16-2)6-12-11-13-7-14-17-11/h7-10H,3-6H2,1-2H3,(H,12,13,14). The minimum absolute atomic E-state index is 0.272. The van der Waals surface area contributed by atoms with Crippen LogP contribution in [0.15, 0.2) is 6.33 Å². The van der Waals surface area contributed by atoms with Gasteiger partial charge in [-0.2, -0.15) is 4.37 Å². The van der Waals surface area contributed by atoms with Gasteiger partial charge in [-0.05, 0) is 12.8 Å². The van der Waals surface area contributed by atoms with Crippen LogP contribution in [-0.4, -0.2) is 42.3 Å². The lowest BCUT2D eigenvalue weighted by molar-refractivity contribution is -0.0376. The predicted octanol–water partition coefficient (Wildman–Crippen LogP) is 1.78. The Hall–Kier alpha value is -0.720. The van der Waals surface area contributed by atoms with Gasteiger partial charge in [0.05, 0.1) is 12.2 Å². The summed E-state index contributed by atoms with van der Waals surface area (Å²) in [6.07, 6.45) is 5.41. The summed E-state index contributed by atoms with van der Waals surface area (Å²) < 4.78 is 14.9. The van der Waals surface area contributed by atoms with E-state index in [0.29, 0.717) is 12.0 Å². The molecule has 6 heteroatoms. The Morgan fingerprint density at radius 2 is 2.29 bits per heavy atom. The average molecular weight is 257 g/mol. The van der Waals surface area contributed by atoms with Gasteiger partial charge < -0.3 is 14.8 Å². The van der Waals surface area contributed by atoms with Crippen LogP contribution in [0.2, 0.25) is 0 Å². The molecular formula is C11H19N3O2S. The number of rotatable bonds is 5. The van der Waals surface area contributed by atoms with E-state index in [1.165, 1.54) is 11.5 Å². The largest absolute Gasteiger partial charge is 0.381 e. The van der Waals surface area contributed by atoms with Gasteiger partial charge in [-0.25, -0.2) is 4.98 Å². The van der Waals surface area contributed by atoms with Gasteiger partial charge in [0, 0.05) is 44.6 Å². The molecule has 1 saturated carbocycles. The third kappa shape index (κ3) is 3.37. The van der Waals surface area contributed by atoms with Gasteiger partial charge in [0.2, 0.25) is 5.13 Å². The van der Waals surface area contributed by atoms with Gasteiger partial charge in [-0.1, -0.05) is 0 Å². The van der Waals surface area contributed by atoms with Crippen molar-refractivity contribution in [2.24, 2.45) is 5.92 Å². The number of methoxy groups -OCH3 is 2. The lowest BCUT2D eigenvalue weighted by Gasteiger charge is -2.34. The van der Waals surface area contributed by atoms with Crippen molar-refractivity contribution in [1.29, 1.82) is 0 Å². The molecule has 1 aliphatic carbocycles. The summed E-state index contributed by atoms with van der Waals surface area (Å²) in [7, 11) is 3.55. The number of aromatic nitrogens is 2. The molecule has 1 aliphatic rings. The molecule has 1 fully saturated rings. The summed E-state index contributed by atoms with van der Waals surface area (Å²) in [5, 5.41) is 4.20. The Morgan fingerprint density at radius 3 is 2.94 bits per heavy atom. The minimum atomic E-state index is 0.272. The molecule has 3 unspecified atom stereocenters. The third-order valence-corrected chi connectivity index (χ3v) is 4.02. The Balaban J connectivity index is 1.83. The normalized spacial score (nSPS) is 29.2. The zero-order valence-corrected chi connectivity index (χ0v) is 11.1. The fraction of sp³-hybridized carbons (Fsp3) is 0.818. The number of nitrogens with one attached hydrogen (secondary N) is 1. The van der Waals surface area contributed by atoms with E-state index in [2.05, 4.69) is 14.7 Å². The quantitative estimate of drug-likeness (QED) is 0.871. The van der Waals surface area contributed by atoms with Crippen LogP contribution in [0, 0.1) is 5.92 Å². The molecule has 1 heterocycles. The smallest absolute Gasteiger partial charge is 0.202 e. The highest BCUT2D eigenvalue weighted by Crippen LogP contribution is 2.28. The highest BCUT2D eigenvalue weighted by Gasteiger charge is 2.30. The van der Waals surface area contributed by atoms with Crippen LogP contribution in [0.5, 0.6) is 0 Å². The maximum atomic E-state index is 5.55. The summed E-state index contributed by atoms with van der Waals surface area (Å²) in [6.45, 7) is 0.893. The van der Waals surface area contributed by atoms with Gasteiger partial charge >= 0.3 is 0 Å². The summed E-state index contributed by atoms with van der Waals surface area (Å²) in [5.74, 6) is 0.523. The van der Waals surface area contributed by atoms with Crippen LogP contribution in [0.1, 0.15) is 19.3 Å². The fourth-order valence-electron chi connectivity index (χ4n) is 2.36. The summed E-state index contributed by atoms with van der Waals surface area (Å²) in [5.41, 5.74) is 0. The Morgan fingerprint density at radius 1 is 1.41 bits per heavy atom. The maximum Gasteiger partial charge on any atom is 0.202 e. The zero-order chi connectivity index (χ0) is 12.1. The first kappa shape index (κ1) is 12.7. The van der Waals surface area contributed by atoms with Gasteiger partial charge in [0.15, 0.2) is 0 Å². The molecule has 0 radical (unpaired) electrons. The minimum Gasteiger partial charge on any atom is -0.381 e. The molecule has 17 heavy (non-hydrogen) atoms. The first-order valence-corrected chi connectivity index (χ1v) is 6.67. The van der Waals surface area contributed by atoms with Gasteiger partial charge in [-0.3, -0.25) is 0 Å². The lowest BCUT2D eigenvalue weighted by Crippen LogP contribution is -2.37. The molecule has 1 N–H and O–H groups in total. The van der Waals surface area contributed by atoms with Crippen molar-refractivity contribution in [1.82, 2.24) is 9.36 Å². The Bertz CT molecular complexity index is 321. The number of hydrogen-bond donors (Lipinski definition) is 1. The molecule has 96 valence electrons. The van der Waals surface area contributed by atoms with E-state index < -0.39 is 0 Å². The van der Waals surface area contributed by atoms with E-state index in [1.54, 1.807) is 20.5 Å². The second-order valence-electron chi connectivity index (χ2n) is 4.33. The van der Waals surface area contributed by atoms with Crippen molar-refractivity contribution in [3.63, 3.8) is 0 Å². The van der Waals surface area contributed by atoms with Crippen molar-refractivity contribution in [2.45, 2.75) is 31.5 Å². The molecule has 2 rings (SSSR count). The van der Waals surface area contributed by atoms with Gasteiger partial charge in [0.1, 0.15) is 6.33 Å². The molecule has 0 bridgehead atoms. The van der Waals surface area contributed by atoms with E-state index in [9.17, 15) is 0 Å². The lowest BCUT2D eigenvalue weighted by atomic mass is 9.84. The van der Waals surface area contributed by atoms with Crippen LogP contribution in [-0.2, 0) is 9.47 Å². The first-order chi connectivity index (χ1) is 8.33. The van der Waals surface area contributed by atoms with E-state index in [4.69, 9.17) is 9.47 Å². The number of anilines is 1. The molecule has 0 amide bonds. The van der Waals surface area contributed by atoms with Crippen LogP contribution in [0.4, 0.5) is 5.13 Å². The molecule has 1 aromatic heterocycles. The molecule has 1 aromatic rings. The number of nitrogens with zero attached hydrogens (tertiary/aromatic N) is 2. The third-order valence-electron chi connectivity index (χ3n) is 3.39. The van der Waals surface area contributed by atoms with E-state index in [1.807, 2.05) is 0 Å².